The Kier molecular flexibility index (Phi) is 7.94. The van der Waals surface area contributed by atoms with Crippen LogP contribution in [0.15, 0.2) is 60.8 Å². The van der Waals surface area contributed by atoms with Crippen LogP contribution in [0.4, 0.5) is 0 Å². The molecule has 0 fully saturated rings. The number of carbonyl (C=O) groups excluding carboxylic acids is 1. The molecule has 0 aliphatic rings. The van der Waals surface area contributed by atoms with Gasteiger partial charge in [-0.1, -0.05) is 48.5 Å². The van der Waals surface area contributed by atoms with E-state index < -0.39 is 24.0 Å². The molecule has 1 amide bonds. The monoisotopic (exact) mass is 398 g/mol. The van der Waals surface area contributed by atoms with Crippen LogP contribution in [-0.4, -0.2) is 51.0 Å². The molecule has 4 N–H and O–H groups in total. The van der Waals surface area contributed by atoms with Gasteiger partial charge in [-0.2, -0.15) is 0 Å². The van der Waals surface area contributed by atoms with E-state index in [9.17, 15) is 19.8 Å². The minimum atomic E-state index is -1.30. The Balaban J connectivity index is 0.00000145. The summed E-state index contributed by atoms with van der Waals surface area (Å²) in [4.78, 5) is 24.0. The molecule has 0 spiro atoms. The zero-order chi connectivity index (χ0) is 21.4. The molecule has 0 bridgehead atoms. The smallest absolute Gasteiger partial charge is 0.326 e. The summed E-state index contributed by atoms with van der Waals surface area (Å²) in [6.45, 7) is 0. The van der Waals surface area contributed by atoms with Crippen molar-refractivity contribution in [1.82, 2.24) is 9.88 Å². The number of nitrogens with zero attached hydrogens (tertiary/aromatic N) is 1. The molecule has 2 atom stereocenters. The number of carbonyl (C=O) groups is 2. The average molecular weight is 398 g/mol. The zero-order valence-electron chi connectivity index (χ0n) is 16.4. The number of aliphatic carboxylic acids is 1. The fourth-order valence-corrected chi connectivity index (χ4v) is 3.21. The maximum Gasteiger partial charge on any atom is 0.326 e. The molecule has 3 aromatic rings. The predicted molar refractivity (Wildman–Crippen MR) is 110 cm³/mol. The number of aryl methyl sites for hydroxylation is 1. The first-order valence-corrected chi connectivity index (χ1v) is 9.18. The molecule has 7 heteroatoms. The number of aromatic nitrogens is 1. The van der Waals surface area contributed by atoms with Crippen LogP contribution in [0, 0.1) is 0 Å². The van der Waals surface area contributed by atoms with Crippen molar-refractivity contribution < 1.29 is 24.9 Å². The van der Waals surface area contributed by atoms with E-state index in [1.165, 1.54) is 0 Å². The van der Waals surface area contributed by atoms with E-state index in [0.717, 1.165) is 29.1 Å². The van der Waals surface area contributed by atoms with Crippen LogP contribution in [-0.2, 0) is 29.5 Å². The van der Waals surface area contributed by atoms with Crippen LogP contribution in [0.3, 0.4) is 0 Å². The van der Waals surface area contributed by atoms with Crippen molar-refractivity contribution in [3.63, 3.8) is 0 Å². The summed E-state index contributed by atoms with van der Waals surface area (Å²) < 4.78 is 1.93. The maximum atomic E-state index is 12.3. The summed E-state index contributed by atoms with van der Waals surface area (Å²) in [6, 6.07) is 15.7. The van der Waals surface area contributed by atoms with Gasteiger partial charge in [-0.25, -0.2) is 4.79 Å². The summed E-state index contributed by atoms with van der Waals surface area (Å²) >= 11 is 0. The molecule has 0 saturated heterocycles. The molecule has 7 nitrogen and oxygen atoms in total. The molecule has 0 aliphatic carbocycles. The number of benzene rings is 2. The van der Waals surface area contributed by atoms with Crippen LogP contribution in [0.1, 0.15) is 11.1 Å². The van der Waals surface area contributed by atoms with Gasteiger partial charge in [0.2, 0.25) is 5.91 Å². The van der Waals surface area contributed by atoms with Crippen LogP contribution in [0.2, 0.25) is 0 Å². The highest BCUT2D eigenvalue weighted by molar-refractivity contribution is 5.88. The molecule has 3 rings (SSSR count). The van der Waals surface area contributed by atoms with Crippen molar-refractivity contribution in [3.8, 4) is 0 Å². The number of aliphatic hydroxyl groups excluding tert-OH is 2. The number of fused-ring (bicyclic) bond motifs is 1. The second-order valence-corrected chi connectivity index (χ2v) is 6.59. The van der Waals surface area contributed by atoms with Crippen molar-refractivity contribution in [3.05, 3.63) is 71.9 Å². The van der Waals surface area contributed by atoms with Gasteiger partial charge in [-0.15, -0.1) is 0 Å². The van der Waals surface area contributed by atoms with Crippen LogP contribution in [0.5, 0.6) is 0 Å². The standard InChI is InChI=1S/C21H22N2O4.CH4O/c1-23-13-15(16-9-5-6-10-18(16)23)12-17(21(26)27)22-20(25)19(24)11-14-7-3-2-4-8-14;1-2/h2-10,13,17,19,24H,11-12H2,1H3,(H,22,25)(H,26,27);2H,1H3/t17-,19-;/m0./s1. The molecule has 1 aromatic heterocycles. The summed E-state index contributed by atoms with van der Waals surface area (Å²) in [5, 5.41) is 30.1. The van der Waals surface area contributed by atoms with Gasteiger partial charge >= 0.3 is 5.97 Å². The van der Waals surface area contributed by atoms with E-state index in [-0.39, 0.29) is 12.8 Å². The van der Waals surface area contributed by atoms with E-state index in [0.29, 0.717) is 0 Å². The quantitative estimate of drug-likeness (QED) is 0.482. The topological polar surface area (TPSA) is 112 Å². The first kappa shape index (κ1) is 22.1. The number of para-hydroxylation sites is 1. The SMILES string of the molecule is CO.Cn1cc(C[C@H](NC(=O)[C@@H](O)Cc2ccccc2)C(=O)O)c2ccccc21. The molecule has 2 aromatic carbocycles. The van der Waals surface area contributed by atoms with Gasteiger partial charge in [0, 0.05) is 44.1 Å². The van der Waals surface area contributed by atoms with Gasteiger partial charge in [0.1, 0.15) is 12.1 Å². The minimum absolute atomic E-state index is 0.132. The lowest BCUT2D eigenvalue weighted by Crippen LogP contribution is -2.47. The number of hydrogen-bond acceptors (Lipinski definition) is 4. The fraction of sp³-hybridized carbons (Fsp3) is 0.273. The lowest BCUT2D eigenvalue weighted by atomic mass is 10.0. The van der Waals surface area contributed by atoms with Gasteiger partial charge in [-0.3, -0.25) is 4.79 Å². The number of aliphatic hydroxyl groups is 2. The highest BCUT2D eigenvalue weighted by Crippen LogP contribution is 2.21. The number of carboxylic acid groups (broad SMARTS) is 1. The van der Waals surface area contributed by atoms with Crippen molar-refractivity contribution >= 4 is 22.8 Å². The van der Waals surface area contributed by atoms with Crippen molar-refractivity contribution in [2.45, 2.75) is 25.0 Å². The van der Waals surface area contributed by atoms with E-state index in [2.05, 4.69) is 5.32 Å². The van der Waals surface area contributed by atoms with E-state index in [1.807, 2.05) is 60.3 Å². The van der Waals surface area contributed by atoms with Crippen LogP contribution in [0.25, 0.3) is 10.9 Å². The Labute approximate surface area is 169 Å². The first-order valence-electron chi connectivity index (χ1n) is 9.18. The van der Waals surface area contributed by atoms with E-state index >= 15 is 0 Å². The summed E-state index contributed by atoms with van der Waals surface area (Å²) in [7, 11) is 2.89. The van der Waals surface area contributed by atoms with Crippen LogP contribution < -0.4 is 5.32 Å². The molecule has 1 heterocycles. The number of hydrogen-bond donors (Lipinski definition) is 4. The third-order valence-electron chi connectivity index (χ3n) is 4.59. The number of rotatable bonds is 7. The molecule has 29 heavy (non-hydrogen) atoms. The lowest BCUT2D eigenvalue weighted by Gasteiger charge is -2.17. The zero-order valence-corrected chi connectivity index (χ0v) is 16.4. The molecule has 154 valence electrons. The van der Waals surface area contributed by atoms with Gasteiger partial charge in [0.25, 0.3) is 0 Å². The second-order valence-electron chi connectivity index (χ2n) is 6.59. The van der Waals surface area contributed by atoms with E-state index in [4.69, 9.17) is 5.11 Å². The first-order chi connectivity index (χ1) is 14.0. The number of amides is 1. The Morgan fingerprint density at radius 1 is 1.00 bits per heavy atom. The highest BCUT2D eigenvalue weighted by atomic mass is 16.4. The summed E-state index contributed by atoms with van der Waals surface area (Å²) in [5.41, 5.74) is 2.63. The van der Waals surface area contributed by atoms with Crippen LogP contribution >= 0.6 is 0 Å². The van der Waals surface area contributed by atoms with Gasteiger partial charge in [-0.05, 0) is 17.2 Å². The Bertz CT molecular complexity index is 952. The Morgan fingerprint density at radius 2 is 1.62 bits per heavy atom. The third-order valence-corrected chi connectivity index (χ3v) is 4.59. The number of carboxylic acids is 1. The van der Waals surface area contributed by atoms with Gasteiger partial charge < -0.3 is 25.2 Å². The normalized spacial score (nSPS) is 12.6. The minimum Gasteiger partial charge on any atom is -0.480 e. The predicted octanol–water partition coefficient (Wildman–Crippen LogP) is 1.50. The highest BCUT2D eigenvalue weighted by Gasteiger charge is 2.25. The maximum absolute atomic E-state index is 12.3. The van der Waals surface area contributed by atoms with Gasteiger partial charge in [0.15, 0.2) is 0 Å². The van der Waals surface area contributed by atoms with E-state index in [1.54, 1.807) is 12.1 Å². The number of nitrogens with one attached hydrogen (secondary N) is 1. The van der Waals surface area contributed by atoms with Crippen molar-refractivity contribution in [1.29, 1.82) is 0 Å². The Hall–Kier alpha value is -3.16. The fourth-order valence-electron chi connectivity index (χ4n) is 3.21. The summed E-state index contributed by atoms with van der Waals surface area (Å²) in [5.74, 6) is -1.82. The summed E-state index contributed by atoms with van der Waals surface area (Å²) in [6.07, 6.45) is 0.836. The second kappa shape index (κ2) is 10.4. The largest absolute Gasteiger partial charge is 0.480 e. The molecule has 0 saturated carbocycles. The lowest BCUT2D eigenvalue weighted by molar-refractivity contribution is -0.143. The molecule has 0 aliphatic heterocycles. The molecular weight excluding hydrogens is 372 g/mol. The molecule has 0 unspecified atom stereocenters. The third kappa shape index (κ3) is 5.66. The molecule has 0 radical (unpaired) electrons. The average Bonchev–Trinajstić information content (AvgIpc) is 3.05. The van der Waals surface area contributed by atoms with Gasteiger partial charge in [0.05, 0.1) is 0 Å². The Morgan fingerprint density at radius 3 is 2.28 bits per heavy atom. The van der Waals surface area contributed by atoms with Crippen molar-refractivity contribution in [2.75, 3.05) is 7.11 Å². The van der Waals surface area contributed by atoms with Crippen molar-refractivity contribution in [2.24, 2.45) is 7.05 Å². The molecular formula is C22H26N2O5.